The highest BCUT2D eigenvalue weighted by Crippen LogP contribution is 2.43. The highest BCUT2D eigenvalue weighted by molar-refractivity contribution is 6.74. The number of carbonyl (C=O) groups excluding carboxylic acids is 1. The fourth-order valence-electron chi connectivity index (χ4n) is 1.94. The van der Waals surface area contributed by atoms with Gasteiger partial charge in [0, 0.05) is 5.56 Å². The summed E-state index contributed by atoms with van der Waals surface area (Å²) in [5.41, 5.74) is 0.320. The van der Waals surface area contributed by atoms with Gasteiger partial charge in [0.15, 0.2) is 0 Å². The monoisotopic (exact) mass is 292 g/mol. The maximum absolute atomic E-state index is 11.9. The first-order valence-electron chi connectivity index (χ1n) is 7.01. The summed E-state index contributed by atoms with van der Waals surface area (Å²) in [6.45, 7) is 14.8. The van der Waals surface area contributed by atoms with E-state index in [-0.39, 0.29) is 11.0 Å². The van der Waals surface area contributed by atoms with E-state index in [0.29, 0.717) is 5.75 Å². The summed E-state index contributed by atoms with van der Waals surface area (Å²) < 4.78 is 11.6. The van der Waals surface area contributed by atoms with Gasteiger partial charge in [-0.1, -0.05) is 20.8 Å². The molecule has 2 rings (SSSR count). The van der Waals surface area contributed by atoms with Gasteiger partial charge in [-0.2, -0.15) is 0 Å². The molecule has 0 radical (unpaired) electrons. The normalized spacial score (nSPS) is 17.6. The molecule has 0 atom stereocenters. The number of ether oxygens (including phenoxy) is 1. The van der Waals surface area contributed by atoms with Crippen molar-refractivity contribution in [2.75, 3.05) is 0 Å². The molecule has 0 aromatic heterocycles. The number of hydrogen-bond donors (Lipinski definition) is 0. The predicted octanol–water partition coefficient (Wildman–Crippen LogP) is 4.27. The molecule has 110 valence electrons. The van der Waals surface area contributed by atoms with Crippen LogP contribution < -0.4 is 9.16 Å². The number of benzene rings is 1. The van der Waals surface area contributed by atoms with E-state index < -0.39 is 13.7 Å². The second-order valence-electron chi connectivity index (χ2n) is 7.53. The Morgan fingerprint density at radius 2 is 1.80 bits per heavy atom. The summed E-state index contributed by atoms with van der Waals surface area (Å²) in [4.78, 5) is 11.9. The van der Waals surface area contributed by atoms with Crippen LogP contribution in [0.4, 0.5) is 0 Å². The van der Waals surface area contributed by atoms with Gasteiger partial charge >= 0.3 is 5.97 Å². The molecule has 4 heteroatoms. The van der Waals surface area contributed by atoms with Crippen LogP contribution in [0.25, 0.3) is 0 Å². The molecule has 1 aromatic rings. The maximum atomic E-state index is 11.9. The molecular formula is C16H24O3Si. The lowest BCUT2D eigenvalue weighted by molar-refractivity contribution is -0.137. The van der Waals surface area contributed by atoms with E-state index in [1.807, 2.05) is 32.0 Å². The third-order valence-corrected chi connectivity index (χ3v) is 8.87. The summed E-state index contributed by atoms with van der Waals surface area (Å²) in [5.74, 6) is 1.29. The summed E-state index contributed by atoms with van der Waals surface area (Å²) >= 11 is 0. The molecule has 20 heavy (non-hydrogen) atoms. The minimum absolute atomic E-state index is 0.147. The van der Waals surface area contributed by atoms with Crippen molar-refractivity contribution in [3.05, 3.63) is 23.8 Å². The largest absolute Gasteiger partial charge is 0.543 e. The van der Waals surface area contributed by atoms with Crippen LogP contribution in [0.3, 0.4) is 0 Å². The molecule has 3 nitrogen and oxygen atoms in total. The second-order valence-corrected chi connectivity index (χ2v) is 12.3. The van der Waals surface area contributed by atoms with Gasteiger partial charge in [0.05, 0.1) is 5.41 Å². The van der Waals surface area contributed by atoms with Gasteiger partial charge in [0.25, 0.3) is 0 Å². The molecule has 0 N–H and O–H groups in total. The van der Waals surface area contributed by atoms with E-state index in [1.54, 1.807) is 0 Å². The number of esters is 1. The molecule has 0 saturated carbocycles. The van der Waals surface area contributed by atoms with Crippen molar-refractivity contribution in [2.45, 2.75) is 58.2 Å². The Morgan fingerprint density at radius 1 is 1.20 bits per heavy atom. The smallest absolute Gasteiger partial charge is 0.321 e. The van der Waals surface area contributed by atoms with Crippen molar-refractivity contribution in [3.8, 4) is 11.5 Å². The quantitative estimate of drug-likeness (QED) is 0.464. The Bertz CT molecular complexity index is 553. The molecule has 0 spiro atoms. The van der Waals surface area contributed by atoms with Crippen molar-refractivity contribution >= 4 is 14.3 Å². The van der Waals surface area contributed by atoms with Gasteiger partial charge in [-0.05, 0) is 50.2 Å². The molecule has 0 saturated heterocycles. The van der Waals surface area contributed by atoms with E-state index in [1.165, 1.54) is 0 Å². The molecule has 0 amide bonds. The fourth-order valence-corrected chi connectivity index (χ4v) is 2.96. The Morgan fingerprint density at radius 3 is 2.35 bits per heavy atom. The van der Waals surface area contributed by atoms with Crippen LogP contribution >= 0.6 is 0 Å². The molecule has 1 aromatic carbocycles. The van der Waals surface area contributed by atoms with Crippen molar-refractivity contribution in [2.24, 2.45) is 0 Å². The third-order valence-electron chi connectivity index (χ3n) is 4.52. The summed E-state index contributed by atoms with van der Waals surface area (Å²) in [6, 6.07) is 5.69. The molecular weight excluding hydrogens is 268 g/mol. The Kier molecular flexibility index (Phi) is 3.28. The van der Waals surface area contributed by atoms with Crippen LogP contribution in [-0.4, -0.2) is 14.3 Å². The zero-order valence-electron chi connectivity index (χ0n) is 13.5. The molecule has 0 bridgehead atoms. The van der Waals surface area contributed by atoms with Crippen LogP contribution in [0.15, 0.2) is 18.2 Å². The van der Waals surface area contributed by atoms with Gasteiger partial charge in [0.2, 0.25) is 8.32 Å². The summed E-state index contributed by atoms with van der Waals surface area (Å²) in [5, 5.41) is 0.147. The van der Waals surface area contributed by atoms with Crippen molar-refractivity contribution in [1.29, 1.82) is 0 Å². The lowest BCUT2D eigenvalue weighted by atomic mass is 9.86. The lowest BCUT2D eigenvalue weighted by Gasteiger charge is -2.36. The number of hydrogen-bond acceptors (Lipinski definition) is 3. The van der Waals surface area contributed by atoms with Crippen LogP contribution in [0.2, 0.25) is 18.1 Å². The highest BCUT2D eigenvalue weighted by atomic mass is 28.4. The minimum atomic E-state index is -1.87. The van der Waals surface area contributed by atoms with Crippen LogP contribution in [0, 0.1) is 0 Å². The Hall–Kier alpha value is -1.29. The van der Waals surface area contributed by atoms with Gasteiger partial charge < -0.3 is 9.16 Å². The zero-order valence-corrected chi connectivity index (χ0v) is 14.5. The fraction of sp³-hybridized carbons (Fsp3) is 0.562. The number of rotatable bonds is 2. The zero-order chi connectivity index (χ0) is 15.3. The first kappa shape index (κ1) is 15.1. The maximum Gasteiger partial charge on any atom is 0.321 e. The van der Waals surface area contributed by atoms with E-state index in [9.17, 15) is 4.79 Å². The van der Waals surface area contributed by atoms with Crippen LogP contribution in [0.1, 0.15) is 40.2 Å². The van der Waals surface area contributed by atoms with Gasteiger partial charge in [-0.15, -0.1) is 0 Å². The van der Waals surface area contributed by atoms with E-state index in [2.05, 4.69) is 33.9 Å². The average molecular weight is 292 g/mol. The number of fused-ring (bicyclic) bond motifs is 1. The van der Waals surface area contributed by atoms with E-state index in [4.69, 9.17) is 9.16 Å². The molecule has 0 unspecified atom stereocenters. The number of carbonyl (C=O) groups is 1. The van der Waals surface area contributed by atoms with Gasteiger partial charge in [0.1, 0.15) is 11.5 Å². The average Bonchev–Trinajstić information content (AvgIpc) is 2.49. The second kappa shape index (κ2) is 4.35. The third kappa shape index (κ3) is 2.37. The first-order chi connectivity index (χ1) is 8.95. The highest BCUT2D eigenvalue weighted by Gasteiger charge is 2.42. The van der Waals surface area contributed by atoms with Crippen molar-refractivity contribution < 1.29 is 14.0 Å². The van der Waals surface area contributed by atoms with Gasteiger partial charge in [-0.25, -0.2) is 0 Å². The molecule has 1 heterocycles. The van der Waals surface area contributed by atoms with Crippen LogP contribution in [0.5, 0.6) is 11.5 Å². The van der Waals surface area contributed by atoms with Crippen LogP contribution in [-0.2, 0) is 10.2 Å². The van der Waals surface area contributed by atoms with Crippen molar-refractivity contribution in [3.63, 3.8) is 0 Å². The van der Waals surface area contributed by atoms with Gasteiger partial charge in [-0.3, -0.25) is 4.79 Å². The SMILES string of the molecule is CC1(C)C(=O)Oc2ccc(O[Si](C)(C)C(C)(C)C)cc21. The van der Waals surface area contributed by atoms with E-state index in [0.717, 1.165) is 11.3 Å². The predicted molar refractivity (Wildman–Crippen MR) is 82.9 cm³/mol. The topological polar surface area (TPSA) is 35.5 Å². The van der Waals surface area contributed by atoms with E-state index >= 15 is 0 Å². The molecule has 1 aliphatic heterocycles. The first-order valence-corrected chi connectivity index (χ1v) is 9.92. The lowest BCUT2D eigenvalue weighted by Crippen LogP contribution is -2.43. The minimum Gasteiger partial charge on any atom is -0.543 e. The molecule has 0 fully saturated rings. The molecule has 0 aliphatic carbocycles. The standard InChI is InChI=1S/C16H24O3Si/c1-15(2,3)20(6,7)19-11-8-9-13-12(10-11)16(4,5)14(17)18-13/h8-10H,1-7H3. The van der Waals surface area contributed by atoms with Crippen molar-refractivity contribution in [1.82, 2.24) is 0 Å². The Balaban J connectivity index is 2.35. The molecule has 1 aliphatic rings. The summed E-state index contributed by atoms with van der Waals surface area (Å²) in [6.07, 6.45) is 0. The summed E-state index contributed by atoms with van der Waals surface area (Å²) in [7, 11) is -1.87. The Labute approximate surface area is 122 Å².